The van der Waals surface area contributed by atoms with E-state index in [9.17, 15) is 4.39 Å². The molecule has 1 N–H and O–H groups in total. The van der Waals surface area contributed by atoms with E-state index in [4.69, 9.17) is 0 Å². The van der Waals surface area contributed by atoms with Crippen molar-refractivity contribution < 1.29 is 4.39 Å². The monoisotopic (exact) mass is 185 g/mol. The largest absolute Gasteiger partial charge is 0.316 e. The Bertz CT molecular complexity index is 194. The number of allylic oxidation sites excluding steroid dienone is 3. The molecule has 0 radical (unpaired) electrons. The van der Waals surface area contributed by atoms with Gasteiger partial charge in [-0.15, -0.1) is 0 Å². The van der Waals surface area contributed by atoms with Crippen LogP contribution in [0.25, 0.3) is 0 Å². The minimum absolute atomic E-state index is 0.337. The highest BCUT2D eigenvalue weighted by molar-refractivity contribution is 5.17. The molecule has 0 aliphatic carbocycles. The van der Waals surface area contributed by atoms with Crippen LogP contribution in [0.5, 0.6) is 0 Å². The molecule has 0 fully saturated rings. The number of alkyl halides is 1. The molecule has 0 spiro atoms. The van der Waals surface area contributed by atoms with Gasteiger partial charge in [0.1, 0.15) is 6.67 Å². The number of hydrogen-bond donors (Lipinski definition) is 1. The molecule has 0 aromatic heterocycles. The van der Waals surface area contributed by atoms with Crippen molar-refractivity contribution in [2.75, 3.05) is 20.3 Å². The van der Waals surface area contributed by atoms with Crippen molar-refractivity contribution in [2.45, 2.75) is 20.8 Å². The molecule has 1 atom stereocenters. The van der Waals surface area contributed by atoms with E-state index in [1.807, 2.05) is 13.1 Å². The zero-order valence-electron chi connectivity index (χ0n) is 9.02. The van der Waals surface area contributed by atoms with E-state index >= 15 is 0 Å². The molecule has 0 heterocycles. The fraction of sp³-hybridized carbons (Fsp3) is 0.636. The predicted molar refractivity (Wildman–Crippen MR) is 56.6 cm³/mol. The number of nitrogens with one attached hydrogen (secondary N) is 1. The SMILES string of the molecule is CNC/C(C)=C(/C)C(C)/C=C\CF. The van der Waals surface area contributed by atoms with E-state index in [-0.39, 0.29) is 6.67 Å². The van der Waals surface area contributed by atoms with Crippen molar-refractivity contribution in [3.05, 3.63) is 23.3 Å². The number of rotatable bonds is 5. The lowest BCUT2D eigenvalue weighted by atomic mass is 9.97. The third-order valence-corrected chi connectivity index (χ3v) is 2.31. The van der Waals surface area contributed by atoms with E-state index in [0.717, 1.165) is 6.54 Å². The minimum atomic E-state index is -0.372. The highest BCUT2D eigenvalue weighted by atomic mass is 19.1. The summed E-state index contributed by atoms with van der Waals surface area (Å²) in [5.41, 5.74) is 2.65. The Morgan fingerprint density at radius 1 is 1.46 bits per heavy atom. The Morgan fingerprint density at radius 3 is 2.54 bits per heavy atom. The van der Waals surface area contributed by atoms with Crippen LogP contribution < -0.4 is 5.32 Å². The molecule has 0 aromatic rings. The van der Waals surface area contributed by atoms with Gasteiger partial charge in [0.25, 0.3) is 0 Å². The van der Waals surface area contributed by atoms with Gasteiger partial charge >= 0.3 is 0 Å². The Morgan fingerprint density at radius 2 is 2.08 bits per heavy atom. The average molecular weight is 185 g/mol. The second-order valence-electron chi connectivity index (χ2n) is 3.36. The van der Waals surface area contributed by atoms with Crippen molar-refractivity contribution in [1.29, 1.82) is 0 Å². The van der Waals surface area contributed by atoms with E-state index in [0.29, 0.717) is 5.92 Å². The minimum Gasteiger partial charge on any atom is -0.316 e. The van der Waals surface area contributed by atoms with Gasteiger partial charge in [0.2, 0.25) is 0 Å². The number of likely N-dealkylation sites (N-methyl/N-ethyl adjacent to an activating group) is 1. The van der Waals surface area contributed by atoms with Crippen molar-refractivity contribution in [3.63, 3.8) is 0 Å². The zero-order valence-corrected chi connectivity index (χ0v) is 9.02. The molecule has 1 unspecified atom stereocenters. The van der Waals surface area contributed by atoms with Crippen LogP contribution in [0, 0.1) is 5.92 Å². The molecule has 13 heavy (non-hydrogen) atoms. The van der Waals surface area contributed by atoms with Crippen LogP contribution in [0.2, 0.25) is 0 Å². The van der Waals surface area contributed by atoms with Gasteiger partial charge in [0.15, 0.2) is 0 Å². The fourth-order valence-corrected chi connectivity index (χ4v) is 1.19. The van der Waals surface area contributed by atoms with Gasteiger partial charge in [-0.25, -0.2) is 4.39 Å². The Balaban J connectivity index is 4.29. The Hall–Kier alpha value is -0.630. The second kappa shape index (κ2) is 6.84. The molecular formula is C11H20FN. The van der Waals surface area contributed by atoms with E-state index in [2.05, 4.69) is 26.1 Å². The molecular weight excluding hydrogens is 165 g/mol. The predicted octanol–water partition coefficient (Wildman–Crippen LogP) is 2.70. The summed E-state index contributed by atoms with van der Waals surface area (Å²) < 4.78 is 11.9. The fourth-order valence-electron chi connectivity index (χ4n) is 1.19. The second-order valence-corrected chi connectivity index (χ2v) is 3.36. The number of hydrogen-bond acceptors (Lipinski definition) is 1. The maximum atomic E-state index is 11.9. The lowest BCUT2D eigenvalue weighted by Crippen LogP contribution is -2.11. The normalized spacial score (nSPS) is 16.1. The van der Waals surface area contributed by atoms with Crippen LogP contribution in [-0.4, -0.2) is 20.3 Å². The summed E-state index contributed by atoms with van der Waals surface area (Å²) in [5, 5.41) is 3.10. The molecule has 0 saturated carbocycles. The van der Waals surface area contributed by atoms with Gasteiger partial charge in [-0.2, -0.15) is 0 Å². The van der Waals surface area contributed by atoms with Crippen molar-refractivity contribution in [1.82, 2.24) is 5.32 Å². The van der Waals surface area contributed by atoms with Gasteiger partial charge in [0.05, 0.1) is 0 Å². The average Bonchev–Trinajstić information content (AvgIpc) is 2.13. The first-order valence-electron chi connectivity index (χ1n) is 4.67. The van der Waals surface area contributed by atoms with E-state index < -0.39 is 0 Å². The summed E-state index contributed by atoms with van der Waals surface area (Å²) in [5.74, 6) is 0.337. The molecule has 0 rings (SSSR count). The summed E-state index contributed by atoms with van der Waals surface area (Å²) in [6, 6.07) is 0. The van der Waals surface area contributed by atoms with Gasteiger partial charge in [0, 0.05) is 6.54 Å². The van der Waals surface area contributed by atoms with Crippen molar-refractivity contribution in [3.8, 4) is 0 Å². The van der Waals surface area contributed by atoms with Crippen LogP contribution in [0.1, 0.15) is 20.8 Å². The van der Waals surface area contributed by atoms with Gasteiger partial charge in [-0.05, 0) is 26.8 Å². The molecule has 76 valence electrons. The van der Waals surface area contributed by atoms with Gasteiger partial charge in [-0.1, -0.05) is 30.2 Å². The quantitative estimate of drug-likeness (QED) is 0.649. The van der Waals surface area contributed by atoms with Crippen LogP contribution in [0.15, 0.2) is 23.3 Å². The highest BCUT2D eigenvalue weighted by Gasteiger charge is 2.02. The summed E-state index contributed by atoms with van der Waals surface area (Å²) in [6.07, 6.45) is 3.48. The topological polar surface area (TPSA) is 12.0 Å². The first kappa shape index (κ1) is 12.4. The molecule has 0 saturated heterocycles. The maximum absolute atomic E-state index is 11.9. The summed E-state index contributed by atoms with van der Waals surface area (Å²) >= 11 is 0. The van der Waals surface area contributed by atoms with E-state index in [1.54, 1.807) is 6.08 Å². The van der Waals surface area contributed by atoms with Crippen LogP contribution in [0.3, 0.4) is 0 Å². The molecule has 2 heteroatoms. The third-order valence-electron chi connectivity index (χ3n) is 2.31. The standard InChI is InChI=1S/C11H20FN/c1-9(6-5-7-12)11(3)10(2)8-13-4/h5-6,9,13H,7-8H2,1-4H3/b6-5-,11-10-. The maximum Gasteiger partial charge on any atom is 0.108 e. The van der Waals surface area contributed by atoms with Crippen LogP contribution >= 0.6 is 0 Å². The molecule has 0 aliphatic heterocycles. The third kappa shape index (κ3) is 4.83. The van der Waals surface area contributed by atoms with Crippen molar-refractivity contribution >= 4 is 0 Å². The highest BCUT2D eigenvalue weighted by Crippen LogP contribution is 2.15. The number of halogens is 1. The molecule has 0 aliphatic rings. The Labute approximate surface area is 80.7 Å². The van der Waals surface area contributed by atoms with Crippen LogP contribution in [-0.2, 0) is 0 Å². The van der Waals surface area contributed by atoms with Crippen LogP contribution in [0.4, 0.5) is 4.39 Å². The smallest absolute Gasteiger partial charge is 0.108 e. The zero-order chi connectivity index (χ0) is 10.3. The molecule has 0 amide bonds. The summed E-state index contributed by atoms with van der Waals surface area (Å²) in [7, 11) is 1.93. The summed E-state index contributed by atoms with van der Waals surface area (Å²) in [4.78, 5) is 0. The lowest BCUT2D eigenvalue weighted by molar-refractivity contribution is 0.559. The first-order chi connectivity index (χ1) is 6.13. The molecule has 1 nitrogen and oxygen atoms in total. The Kier molecular flexibility index (Phi) is 6.51. The van der Waals surface area contributed by atoms with Gasteiger partial charge < -0.3 is 5.32 Å². The molecule has 0 bridgehead atoms. The summed E-state index contributed by atoms with van der Waals surface area (Å²) in [6.45, 7) is 6.81. The van der Waals surface area contributed by atoms with E-state index in [1.165, 1.54) is 11.1 Å². The van der Waals surface area contributed by atoms with Crippen molar-refractivity contribution in [2.24, 2.45) is 5.92 Å². The lowest BCUT2D eigenvalue weighted by Gasteiger charge is -2.11. The van der Waals surface area contributed by atoms with Gasteiger partial charge in [-0.3, -0.25) is 0 Å². The molecule has 0 aromatic carbocycles. The first-order valence-corrected chi connectivity index (χ1v) is 4.67.